The molecule has 1 spiro atoms. The van der Waals surface area contributed by atoms with Crippen LogP contribution < -0.4 is 5.32 Å². The van der Waals surface area contributed by atoms with E-state index in [1.807, 2.05) is 18.2 Å². The van der Waals surface area contributed by atoms with Crippen LogP contribution in [0.3, 0.4) is 0 Å². The lowest BCUT2D eigenvalue weighted by atomic mass is 9.73. The molecule has 0 saturated carbocycles. The number of piperidine rings is 2. The smallest absolute Gasteiger partial charge is 0.232 e. The molecule has 1 unspecified atom stereocenters. The van der Waals surface area contributed by atoms with E-state index in [9.17, 15) is 4.79 Å². The molecule has 3 rings (SSSR count). The van der Waals surface area contributed by atoms with Crippen LogP contribution in [-0.2, 0) is 10.2 Å². The molecule has 0 aromatic heterocycles. The first kappa shape index (κ1) is 15.5. The van der Waals surface area contributed by atoms with E-state index in [1.54, 1.807) is 0 Å². The highest BCUT2D eigenvalue weighted by Crippen LogP contribution is 2.37. The molecule has 1 aromatic carbocycles. The zero-order chi connectivity index (χ0) is 15.6. The Hall–Kier alpha value is -1.35. The number of likely N-dealkylation sites (tertiary alicyclic amines) is 1. The second-order valence-electron chi connectivity index (χ2n) is 7.60. The maximum atomic E-state index is 13.2. The number of nitrogens with one attached hydrogen (secondary N) is 1. The largest absolute Gasteiger partial charge is 0.341 e. The number of rotatable bonds is 2. The summed E-state index contributed by atoms with van der Waals surface area (Å²) in [5.41, 5.74) is 0.988. The van der Waals surface area contributed by atoms with Crippen molar-refractivity contribution >= 4 is 5.91 Å². The monoisotopic (exact) mass is 300 g/mol. The SMILES string of the molecule is CC(C)(C(=O)N1CCCC2(CCCNC2)C1)c1ccccc1. The fourth-order valence-electron chi connectivity index (χ4n) is 4.13. The van der Waals surface area contributed by atoms with Crippen molar-refractivity contribution in [1.82, 2.24) is 10.2 Å². The molecular weight excluding hydrogens is 272 g/mol. The van der Waals surface area contributed by atoms with Crippen LogP contribution in [0.2, 0.25) is 0 Å². The Morgan fingerprint density at radius 3 is 2.59 bits per heavy atom. The summed E-state index contributed by atoms with van der Waals surface area (Å²) < 4.78 is 0. The van der Waals surface area contributed by atoms with Crippen molar-refractivity contribution in [3.63, 3.8) is 0 Å². The van der Waals surface area contributed by atoms with Gasteiger partial charge in [-0.1, -0.05) is 30.3 Å². The number of carbonyl (C=O) groups is 1. The van der Waals surface area contributed by atoms with Gasteiger partial charge in [-0.15, -0.1) is 0 Å². The fourth-order valence-corrected chi connectivity index (χ4v) is 4.13. The predicted octanol–water partition coefficient (Wildman–Crippen LogP) is 2.96. The molecule has 2 saturated heterocycles. The highest BCUT2D eigenvalue weighted by molar-refractivity contribution is 5.87. The Balaban J connectivity index is 1.76. The number of carbonyl (C=O) groups excluding carboxylic acids is 1. The van der Waals surface area contributed by atoms with Crippen LogP contribution in [0, 0.1) is 5.41 Å². The molecule has 1 aromatic rings. The van der Waals surface area contributed by atoms with Crippen molar-refractivity contribution in [2.45, 2.75) is 44.9 Å². The normalized spacial score (nSPS) is 26.2. The predicted molar refractivity (Wildman–Crippen MR) is 89.8 cm³/mol. The lowest BCUT2D eigenvalue weighted by Gasteiger charge is -2.47. The maximum Gasteiger partial charge on any atom is 0.232 e. The molecular formula is C19H28N2O. The first-order valence-electron chi connectivity index (χ1n) is 8.59. The first-order valence-corrected chi connectivity index (χ1v) is 8.59. The summed E-state index contributed by atoms with van der Waals surface area (Å²) in [6.45, 7) is 8.16. The van der Waals surface area contributed by atoms with Crippen LogP contribution in [0.25, 0.3) is 0 Å². The van der Waals surface area contributed by atoms with Gasteiger partial charge in [0.2, 0.25) is 5.91 Å². The highest BCUT2D eigenvalue weighted by atomic mass is 16.2. The molecule has 22 heavy (non-hydrogen) atoms. The van der Waals surface area contributed by atoms with Gasteiger partial charge in [0, 0.05) is 25.0 Å². The fraction of sp³-hybridized carbons (Fsp3) is 0.632. The van der Waals surface area contributed by atoms with Crippen molar-refractivity contribution in [1.29, 1.82) is 0 Å². The topological polar surface area (TPSA) is 32.3 Å². The van der Waals surface area contributed by atoms with Gasteiger partial charge < -0.3 is 10.2 Å². The van der Waals surface area contributed by atoms with Crippen molar-refractivity contribution in [2.75, 3.05) is 26.2 Å². The van der Waals surface area contributed by atoms with Gasteiger partial charge in [0.15, 0.2) is 0 Å². The zero-order valence-electron chi connectivity index (χ0n) is 13.9. The Kier molecular flexibility index (Phi) is 4.26. The second-order valence-corrected chi connectivity index (χ2v) is 7.60. The van der Waals surface area contributed by atoms with E-state index in [0.29, 0.717) is 5.41 Å². The second kappa shape index (κ2) is 6.04. The average molecular weight is 300 g/mol. The molecule has 3 heteroatoms. The summed E-state index contributed by atoms with van der Waals surface area (Å²) in [5.74, 6) is 0.281. The Bertz CT molecular complexity index is 512. The van der Waals surface area contributed by atoms with Crippen molar-refractivity contribution < 1.29 is 4.79 Å². The van der Waals surface area contributed by atoms with Crippen LogP contribution in [0.4, 0.5) is 0 Å². The molecule has 1 N–H and O–H groups in total. The quantitative estimate of drug-likeness (QED) is 0.911. The zero-order valence-corrected chi connectivity index (χ0v) is 13.9. The summed E-state index contributed by atoms with van der Waals surface area (Å²) in [4.78, 5) is 15.3. The molecule has 120 valence electrons. The van der Waals surface area contributed by atoms with Crippen LogP contribution in [-0.4, -0.2) is 37.0 Å². The van der Waals surface area contributed by atoms with Crippen LogP contribution in [0.5, 0.6) is 0 Å². The van der Waals surface area contributed by atoms with Crippen molar-refractivity contribution in [3.8, 4) is 0 Å². The third kappa shape index (κ3) is 2.91. The third-order valence-electron chi connectivity index (χ3n) is 5.54. The van der Waals surface area contributed by atoms with E-state index < -0.39 is 5.41 Å². The summed E-state index contributed by atoms with van der Waals surface area (Å²) in [6, 6.07) is 10.2. The van der Waals surface area contributed by atoms with E-state index in [1.165, 1.54) is 19.3 Å². The minimum atomic E-state index is -0.443. The summed E-state index contributed by atoms with van der Waals surface area (Å²) >= 11 is 0. The molecule has 2 heterocycles. The lowest BCUT2D eigenvalue weighted by molar-refractivity contribution is -0.140. The number of hydrogen-bond donors (Lipinski definition) is 1. The van der Waals surface area contributed by atoms with Gasteiger partial charge in [-0.3, -0.25) is 4.79 Å². The van der Waals surface area contributed by atoms with Gasteiger partial charge in [0.25, 0.3) is 0 Å². The van der Waals surface area contributed by atoms with Crippen molar-refractivity contribution in [2.24, 2.45) is 5.41 Å². The molecule has 0 aliphatic carbocycles. The van der Waals surface area contributed by atoms with Crippen molar-refractivity contribution in [3.05, 3.63) is 35.9 Å². The van der Waals surface area contributed by atoms with Gasteiger partial charge >= 0.3 is 0 Å². The van der Waals surface area contributed by atoms with Crippen LogP contribution in [0.15, 0.2) is 30.3 Å². The minimum Gasteiger partial charge on any atom is -0.341 e. The molecule has 2 aliphatic heterocycles. The molecule has 2 aliphatic rings. The lowest BCUT2D eigenvalue weighted by Crippen LogP contribution is -2.55. The molecule has 1 atom stereocenters. The molecule has 3 nitrogen and oxygen atoms in total. The Morgan fingerprint density at radius 1 is 1.18 bits per heavy atom. The number of benzene rings is 1. The molecule has 1 amide bonds. The van der Waals surface area contributed by atoms with Crippen LogP contribution in [0.1, 0.15) is 45.1 Å². The number of amides is 1. The summed E-state index contributed by atoms with van der Waals surface area (Å²) in [5, 5.41) is 3.54. The average Bonchev–Trinajstić information content (AvgIpc) is 2.55. The minimum absolute atomic E-state index is 0.281. The van der Waals surface area contributed by atoms with Gasteiger partial charge in [0.1, 0.15) is 0 Å². The number of hydrogen-bond acceptors (Lipinski definition) is 2. The van der Waals surface area contributed by atoms with E-state index in [-0.39, 0.29) is 5.91 Å². The van der Waals surface area contributed by atoms with Gasteiger partial charge in [0.05, 0.1) is 5.41 Å². The summed E-state index contributed by atoms with van der Waals surface area (Å²) in [7, 11) is 0. The van der Waals surface area contributed by atoms with Gasteiger partial charge in [-0.05, 0) is 51.6 Å². The van der Waals surface area contributed by atoms with E-state index in [2.05, 4.69) is 36.2 Å². The maximum absolute atomic E-state index is 13.2. The Morgan fingerprint density at radius 2 is 1.91 bits per heavy atom. The number of nitrogens with zero attached hydrogens (tertiary/aromatic N) is 1. The van der Waals surface area contributed by atoms with E-state index in [4.69, 9.17) is 0 Å². The van der Waals surface area contributed by atoms with Gasteiger partial charge in [-0.2, -0.15) is 0 Å². The highest BCUT2D eigenvalue weighted by Gasteiger charge is 2.41. The summed E-state index contributed by atoms with van der Waals surface area (Å²) in [6.07, 6.45) is 4.90. The molecule has 0 bridgehead atoms. The third-order valence-corrected chi connectivity index (χ3v) is 5.54. The van der Waals surface area contributed by atoms with Crippen LogP contribution >= 0.6 is 0 Å². The van der Waals surface area contributed by atoms with E-state index in [0.717, 1.165) is 38.2 Å². The first-order chi connectivity index (χ1) is 10.5. The van der Waals surface area contributed by atoms with E-state index >= 15 is 0 Å². The molecule has 2 fully saturated rings. The van der Waals surface area contributed by atoms with Gasteiger partial charge in [-0.25, -0.2) is 0 Å². The standard InChI is InChI=1S/C19H28N2O/c1-18(2,16-8-4-3-5-9-16)17(22)21-13-7-11-19(15-21)10-6-12-20-14-19/h3-5,8-9,20H,6-7,10-15H2,1-2H3. The molecule has 0 radical (unpaired) electrons. The Labute approximate surface area is 134 Å².